The van der Waals surface area contributed by atoms with E-state index in [1.807, 2.05) is 0 Å². The van der Waals surface area contributed by atoms with Crippen molar-refractivity contribution in [2.75, 3.05) is 18.4 Å². The standard InChI is InChI=1S/C19H20F3N5O/c1-19(2,28)10-3-4-16-24-8-15(27(16)9-10)17-11(20)5-12(21)18(26-17)25-14-7-23-6-13(14)22/h3-5,8-9,13-14,23,28H,6-7H2,1-2H3,(H,25,26). The van der Waals surface area contributed by atoms with E-state index in [-0.39, 0.29) is 18.1 Å². The zero-order chi connectivity index (χ0) is 20.1. The number of nitrogens with one attached hydrogen (secondary N) is 2. The largest absolute Gasteiger partial charge is 0.386 e. The van der Waals surface area contributed by atoms with Crippen molar-refractivity contribution in [2.24, 2.45) is 0 Å². The van der Waals surface area contributed by atoms with Gasteiger partial charge >= 0.3 is 0 Å². The van der Waals surface area contributed by atoms with Crippen molar-refractivity contribution >= 4 is 11.5 Å². The van der Waals surface area contributed by atoms with Gasteiger partial charge in [-0.2, -0.15) is 0 Å². The van der Waals surface area contributed by atoms with Gasteiger partial charge < -0.3 is 15.7 Å². The van der Waals surface area contributed by atoms with Gasteiger partial charge in [0.2, 0.25) is 0 Å². The number of halogens is 3. The Kier molecular flexibility index (Phi) is 4.51. The molecule has 0 saturated carbocycles. The van der Waals surface area contributed by atoms with Crippen LogP contribution in [0.3, 0.4) is 0 Å². The summed E-state index contributed by atoms with van der Waals surface area (Å²) in [6, 6.07) is 3.49. The number of hydrogen-bond acceptors (Lipinski definition) is 5. The van der Waals surface area contributed by atoms with Gasteiger partial charge in [-0.1, -0.05) is 6.07 Å². The smallest absolute Gasteiger partial charge is 0.168 e. The summed E-state index contributed by atoms with van der Waals surface area (Å²) in [6.45, 7) is 3.75. The van der Waals surface area contributed by atoms with Crippen LogP contribution in [0.4, 0.5) is 19.0 Å². The maximum atomic E-state index is 14.5. The molecule has 1 aliphatic rings. The van der Waals surface area contributed by atoms with Crippen molar-refractivity contribution in [2.45, 2.75) is 31.7 Å². The second-order valence-electron chi connectivity index (χ2n) is 7.42. The Hall–Kier alpha value is -2.65. The lowest BCUT2D eigenvalue weighted by molar-refractivity contribution is 0.0781. The third-order valence-corrected chi connectivity index (χ3v) is 4.85. The fourth-order valence-corrected chi connectivity index (χ4v) is 3.23. The van der Waals surface area contributed by atoms with Crippen LogP contribution in [0.15, 0.2) is 30.6 Å². The Morgan fingerprint density at radius 2 is 2.04 bits per heavy atom. The molecule has 28 heavy (non-hydrogen) atoms. The van der Waals surface area contributed by atoms with E-state index in [0.29, 0.717) is 23.4 Å². The van der Waals surface area contributed by atoms with Crippen LogP contribution in [0.1, 0.15) is 19.4 Å². The number of fused-ring (bicyclic) bond motifs is 1. The fourth-order valence-electron chi connectivity index (χ4n) is 3.23. The van der Waals surface area contributed by atoms with Crippen molar-refractivity contribution in [3.63, 3.8) is 0 Å². The Morgan fingerprint density at radius 1 is 1.25 bits per heavy atom. The second-order valence-corrected chi connectivity index (χ2v) is 7.42. The number of alkyl halides is 1. The minimum Gasteiger partial charge on any atom is -0.386 e. The van der Waals surface area contributed by atoms with E-state index in [0.717, 1.165) is 6.07 Å². The van der Waals surface area contributed by atoms with Gasteiger partial charge in [0, 0.05) is 25.4 Å². The molecule has 0 bridgehead atoms. The number of aromatic nitrogens is 3. The second kappa shape index (κ2) is 6.75. The van der Waals surface area contributed by atoms with Crippen LogP contribution in [0.5, 0.6) is 0 Å². The summed E-state index contributed by atoms with van der Waals surface area (Å²) in [5.41, 5.74) is 0.181. The summed E-state index contributed by atoms with van der Waals surface area (Å²) >= 11 is 0. The van der Waals surface area contributed by atoms with Gasteiger partial charge in [0.1, 0.15) is 17.5 Å². The van der Waals surface area contributed by atoms with Crippen LogP contribution in [0, 0.1) is 11.6 Å². The zero-order valence-corrected chi connectivity index (χ0v) is 15.4. The molecule has 4 heterocycles. The molecular weight excluding hydrogens is 371 g/mol. The highest BCUT2D eigenvalue weighted by Crippen LogP contribution is 2.28. The third kappa shape index (κ3) is 3.31. The summed E-state index contributed by atoms with van der Waals surface area (Å²) in [4.78, 5) is 8.29. The first-order chi connectivity index (χ1) is 13.2. The molecule has 1 aliphatic heterocycles. The molecular formula is C19H20F3N5O. The average molecular weight is 391 g/mol. The van der Waals surface area contributed by atoms with E-state index < -0.39 is 29.4 Å². The highest BCUT2D eigenvalue weighted by Gasteiger charge is 2.28. The minimum absolute atomic E-state index is 0.120. The molecule has 4 rings (SSSR count). The van der Waals surface area contributed by atoms with Gasteiger partial charge in [0.15, 0.2) is 17.5 Å². The molecule has 0 radical (unpaired) electrons. The van der Waals surface area contributed by atoms with E-state index in [9.17, 15) is 18.3 Å². The topological polar surface area (TPSA) is 74.5 Å². The lowest BCUT2D eigenvalue weighted by atomic mass is 10.0. The molecule has 9 heteroatoms. The first-order valence-electron chi connectivity index (χ1n) is 8.92. The van der Waals surface area contributed by atoms with E-state index in [1.54, 1.807) is 36.6 Å². The predicted molar refractivity (Wildman–Crippen MR) is 98.8 cm³/mol. The molecule has 3 N–H and O–H groups in total. The molecule has 0 amide bonds. The van der Waals surface area contributed by atoms with Crippen LogP contribution in [-0.4, -0.2) is 44.8 Å². The molecule has 3 aromatic heterocycles. The molecule has 6 nitrogen and oxygen atoms in total. The third-order valence-electron chi connectivity index (χ3n) is 4.85. The first-order valence-corrected chi connectivity index (χ1v) is 8.92. The average Bonchev–Trinajstić information content (AvgIpc) is 3.22. The fraction of sp³-hybridized carbons (Fsp3) is 0.368. The molecule has 1 saturated heterocycles. The van der Waals surface area contributed by atoms with Crippen molar-refractivity contribution in [3.8, 4) is 11.4 Å². The number of aliphatic hydroxyl groups is 1. The summed E-state index contributed by atoms with van der Waals surface area (Å²) in [5, 5.41) is 15.8. The zero-order valence-electron chi connectivity index (χ0n) is 15.4. The lowest BCUT2D eigenvalue weighted by Crippen LogP contribution is -2.30. The van der Waals surface area contributed by atoms with Crippen LogP contribution in [0.2, 0.25) is 0 Å². The maximum Gasteiger partial charge on any atom is 0.168 e. The highest BCUT2D eigenvalue weighted by molar-refractivity contribution is 5.63. The SMILES string of the molecule is CC(C)(O)c1ccc2ncc(-c3nc(NC4CNCC4F)c(F)cc3F)n2c1. The lowest BCUT2D eigenvalue weighted by Gasteiger charge is -2.18. The number of anilines is 1. The quantitative estimate of drug-likeness (QED) is 0.638. The van der Waals surface area contributed by atoms with Gasteiger partial charge in [-0.05, 0) is 25.5 Å². The van der Waals surface area contributed by atoms with Gasteiger partial charge in [-0.15, -0.1) is 0 Å². The number of rotatable bonds is 4. The van der Waals surface area contributed by atoms with Gasteiger partial charge in [-0.3, -0.25) is 4.40 Å². The van der Waals surface area contributed by atoms with Crippen LogP contribution in [-0.2, 0) is 5.60 Å². The van der Waals surface area contributed by atoms with E-state index in [1.165, 1.54) is 6.20 Å². The van der Waals surface area contributed by atoms with E-state index in [2.05, 4.69) is 20.6 Å². The normalized spacial score (nSPS) is 20.1. The number of pyridine rings is 2. The number of imidazole rings is 1. The van der Waals surface area contributed by atoms with Crippen LogP contribution in [0.25, 0.3) is 17.0 Å². The van der Waals surface area contributed by atoms with Crippen LogP contribution < -0.4 is 10.6 Å². The Labute approximate surface area is 159 Å². The van der Waals surface area contributed by atoms with Crippen molar-refractivity contribution in [1.29, 1.82) is 0 Å². The molecule has 148 valence electrons. The monoisotopic (exact) mass is 391 g/mol. The summed E-state index contributed by atoms with van der Waals surface area (Å²) in [5.74, 6) is -1.98. The van der Waals surface area contributed by atoms with Gasteiger partial charge in [0.25, 0.3) is 0 Å². The van der Waals surface area contributed by atoms with E-state index >= 15 is 0 Å². The Balaban J connectivity index is 1.79. The summed E-state index contributed by atoms with van der Waals surface area (Å²) in [6.07, 6.45) is 1.86. The van der Waals surface area contributed by atoms with E-state index in [4.69, 9.17) is 0 Å². The first kappa shape index (κ1) is 18.7. The van der Waals surface area contributed by atoms with Crippen molar-refractivity contribution in [1.82, 2.24) is 19.7 Å². The van der Waals surface area contributed by atoms with Gasteiger partial charge in [0.05, 0.1) is 23.5 Å². The Bertz CT molecular complexity index is 1030. The predicted octanol–water partition coefficient (Wildman–Crippen LogP) is 2.62. The molecule has 1 fully saturated rings. The summed E-state index contributed by atoms with van der Waals surface area (Å²) < 4.78 is 44.2. The minimum atomic E-state index is -1.19. The summed E-state index contributed by atoms with van der Waals surface area (Å²) in [7, 11) is 0. The van der Waals surface area contributed by atoms with Crippen molar-refractivity contribution in [3.05, 3.63) is 47.8 Å². The van der Waals surface area contributed by atoms with Gasteiger partial charge in [-0.25, -0.2) is 23.1 Å². The highest BCUT2D eigenvalue weighted by atomic mass is 19.1. The Morgan fingerprint density at radius 3 is 2.71 bits per heavy atom. The molecule has 3 aromatic rings. The van der Waals surface area contributed by atoms with Crippen LogP contribution >= 0.6 is 0 Å². The molecule has 0 aromatic carbocycles. The number of nitrogens with zero attached hydrogens (tertiary/aromatic N) is 3. The molecule has 2 unspecified atom stereocenters. The molecule has 0 spiro atoms. The number of hydrogen-bond donors (Lipinski definition) is 3. The molecule has 2 atom stereocenters. The molecule has 0 aliphatic carbocycles. The maximum absolute atomic E-state index is 14.5. The van der Waals surface area contributed by atoms with Crippen molar-refractivity contribution < 1.29 is 18.3 Å².